The molecular weight excluding hydrogens is 126 g/mol. The average molecular weight is 142 g/mol. The van der Waals surface area contributed by atoms with Crippen LogP contribution in [0.2, 0.25) is 0 Å². The maximum absolute atomic E-state index is 5.67. The zero-order valence-corrected chi connectivity index (χ0v) is 6.58. The predicted octanol–water partition coefficient (Wildman–Crippen LogP) is 0.296. The van der Waals surface area contributed by atoms with Crippen LogP contribution in [0.15, 0.2) is 0 Å². The van der Waals surface area contributed by atoms with Crippen molar-refractivity contribution in [3.8, 4) is 0 Å². The smallest absolute Gasteiger partial charge is 0.0695 e. The lowest BCUT2D eigenvalue weighted by Crippen LogP contribution is -2.44. The van der Waals surface area contributed by atoms with Gasteiger partial charge in [0.15, 0.2) is 0 Å². The monoisotopic (exact) mass is 142 g/mol. The molecule has 0 saturated carbocycles. The van der Waals surface area contributed by atoms with Crippen LogP contribution in [-0.2, 0) is 0 Å². The zero-order chi connectivity index (χ0) is 7.40. The molecule has 0 aliphatic carbocycles. The molecule has 1 fully saturated rings. The summed E-state index contributed by atoms with van der Waals surface area (Å²) < 4.78 is 0. The van der Waals surface area contributed by atoms with Crippen LogP contribution < -0.4 is 11.2 Å². The molecule has 0 aromatic rings. The summed E-state index contributed by atoms with van der Waals surface area (Å²) in [6, 6.07) is 0. The largest absolute Gasteiger partial charge is 0.315 e. The Kier molecular flexibility index (Phi) is 3.12. The van der Waals surface area contributed by atoms with Crippen LogP contribution in [0, 0.1) is 0 Å². The van der Waals surface area contributed by atoms with Crippen LogP contribution in [0.25, 0.3) is 0 Å². The summed E-state index contributed by atoms with van der Waals surface area (Å²) in [5.41, 5.74) is 10.00. The molecule has 1 radical (unpaired) electrons. The fourth-order valence-corrected chi connectivity index (χ4v) is 1.16. The minimum Gasteiger partial charge on any atom is -0.315 e. The third-order valence-electron chi connectivity index (χ3n) is 1.80. The van der Waals surface area contributed by atoms with Crippen LogP contribution in [0.1, 0.15) is 26.2 Å². The molecule has 0 amide bonds. The topological polar surface area (TPSA) is 43.4 Å². The molecule has 10 heavy (non-hydrogen) atoms. The molecule has 1 rings (SSSR count). The van der Waals surface area contributed by atoms with E-state index in [2.05, 4.69) is 5.43 Å². The Balaban J connectivity index is 2.28. The molecule has 1 unspecified atom stereocenters. The van der Waals surface area contributed by atoms with Gasteiger partial charge in [-0.2, -0.15) is 5.43 Å². The van der Waals surface area contributed by atoms with E-state index in [0.29, 0.717) is 0 Å². The molecule has 0 aromatic carbocycles. The Morgan fingerprint density at radius 3 is 2.90 bits per heavy atom. The summed E-state index contributed by atoms with van der Waals surface area (Å²) in [5, 5.41) is 1.99. The van der Waals surface area contributed by atoms with Crippen LogP contribution in [0.4, 0.5) is 0 Å². The molecule has 1 heterocycles. The van der Waals surface area contributed by atoms with E-state index >= 15 is 0 Å². The van der Waals surface area contributed by atoms with Crippen LogP contribution in [0.3, 0.4) is 0 Å². The zero-order valence-electron chi connectivity index (χ0n) is 6.58. The first kappa shape index (κ1) is 7.98. The predicted molar refractivity (Wildman–Crippen MR) is 41.2 cm³/mol. The lowest BCUT2D eigenvalue weighted by atomic mass is 10.2. The minimum atomic E-state index is 0.0955. The van der Waals surface area contributed by atoms with Gasteiger partial charge in [-0.25, -0.2) is 5.01 Å². The number of nitrogens with two attached hydrogens (primary N) is 1. The fourth-order valence-electron chi connectivity index (χ4n) is 1.16. The van der Waals surface area contributed by atoms with Gasteiger partial charge in [0.1, 0.15) is 0 Å². The van der Waals surface area contributed by atoms with E-state index in [9.17, 15) is 0 Å². The van der Waals surface area contributed by atoms with E-state index in [1.807, 2.05) is 11.9 Å². The van der Waals surface area contributed by atoms with E-state index < -0.39 is 0 Å². The Labute approximate surface area is 62.5 Å². The highest BCUT2D eigenvalue weighted by molar-refractivity contribution is 4.60. The minimum absolute atomic E-state index is 0.0955. The lowest BCUT2D eigenvalue weighted by Gasteiger charge is -2.22. The maximum atomic E-state index is 5.67. The van der Waals surface area contributed by atoms with Gasteiger partial charge in [-0.05, 0) is 19.8 Å². The average Bonchev–Trinajstić information content (AvgIpc) is 2.12. The van der Waals surface area contributed by atoms with Gasteiger partial charge in [-0.15, -0.1) is 0 Å². The molecule has 3 nitrogen and oxygen atoms in total. The summed E-state index contributed by atoms with van der Waals surface area (Å²) >= 11 is 0. The van der Waals surface area contributed by atoms with Crippen molar-refractivity contribution in [1.29, 1.82) is 0 Å². The molecule has 1 aliphatic rings. The molecule has 2 N–H and O–H groups in total. The van der Waals surface area contributed by atoms with Gasteiger partial charge in [-0.1, -0.05) is 6.42 Å². The van der Waals surface area contributed by atoms with Crippen molar-refractivity contribution in [3.05, 3.63) is 0 Å². The Bertz CT molecular complexity index is 84.9. The lowest BCUT2D eigenvalue weighted by molar-refractivity contribution is 0.141. The summed E-state index contributed by atoms with van der Waals surface area (Å²) in [6.45, 7) is 3.98. The van der Waals surface area contributed by atoms with E-state index in [1.54, 1.807) is 0 Å². The summed E-state index contributed by atoms with van der Waals surface area (Å²) in [6.07, 6.45) is 3.86. The first-order valence-corrected chi connectivity index (χ1v) is 4.00. The highest BCUT2D eigenvalue weighted by atomic mass is 15.5. The van der Waals surface area contributed by atoms with Crippen LogP contribution in [0.5, 0.6) is 0 Å². The van der Waals surface area contributed by atoms with E-state index in [4.69, 9.17) is 5.73 Å². The molecule has 0 bridgehead atoms. The van der Waals surface area contributed by atoms with Gasteiger partial charge in [-0.3, -0.25) is 0 Å². The molecule has 1 aliphatic heterocycles. The van der Waals surface area contributed by atoms with Gasteiger partial charge in [0, 0.05) is 13.1 Å². The van der Waals surface area contributed by atoms with Gasteiger partial charge in [0.05, 0.1) is 6.17 Å². The number of nitrogens with zero attached hydrogens (tertiary/aromatic N) is 2. The second-order valence-corrected chi connectivity index (χ2v) is 2.83. The van der Waals surface area contributed by atoms with E-state index in [0.717, 1.165) is 13.1 Å². The first-order chi connectivity index (χ1) is 4.80. The van der Waals surface area contributed by atoms with Crippen molar-refractivity contribution >= 4 is 0 Å². The normalized spacial score (nSPS) is 25.8. The summed E-state index contributed by atoms with van der Waals surface area (Å²) in [4.78, 5) is 0. The van der Waals surface area contributed by atoms with Crippen molar-refractivity contribution in [2.75, 3.05) is 13.1 Å². The third kappa shape index (κ3) is 2.25. The quantitative estimate of drug-likeness (QED) is 0.572. The van der Waals surface area contributed by atoms with Gasteiger partial charge < -0.3 is 5.73 Å². The first-order valence-electron chi connectivity index (χ1n) is 4.00. The molecule has 1 atom stereocenters. The molecule has 3 heteroatoms. The Hall–Kier alpha value is -0.120. The fraction of sp³-hybridized carbons (Fsp3) is 1.00. The molecule has 0 aromatic heterocycles. The van der Waals surface area contributed by atoms with Crippen LogP contribution in [-0.4, -0.2) is 24.3 Å². The number of hydrogen-bond acceptors (Lipinski definition) is 2. The van der Waals surface area contributed by atoms with E-state index in [-0.39, 0.29) is 6.17 Å². The standard InChI is InChI=1S/C7H16N3/c1-7(8)10-6-4-2-3-5-9-10/h7H,2-6,8H2,1H3. The van der Waals surface area contributed by atoms with Crippen molar-refractivity contribution in [2.24, 2.45) is 5.73 Å². The van der Waals surface area contributed by atoms with Crippen molar-refractivity contribution in [2.45, 2.75) is 32.4 Å². The molecule has 59 valence electrons. The van der Waals surface area contributed by atoms with Gasteiger partial charge >= 0.3 is 0 Å². The van der Waals surface area contributed by atoms with Crippen molar-refractivity contribution < 1.29 is 0 Å². The van der Waals surface area contributed by atoms with Gasteiger partial charge in [0.25, 0.3) is 0 Å². The molecule has 0 spiro atoms. The van der Waals surface area contributed by atoms with Crippen LogP contribution >= 0.6 is 0 Å². The Morgan fingerprint density at radius 1 is 1.40 bits per heavy atom. The maximum Gasteiger partial charge on any atom is 0.0695 e. The second-order valence-electron chi connectivity index (χ2n) is 2.83. The van der Waals surface area contributed by atoms with Crippen molar-refractivity contribution in [1.82, 2.24) is 10.4 Å². The number of rotatable bonds is 1. The SMILES string of the molecule is CC(N)N1CCCCC[N]1. The van der Waals surface area contributed by atoms with Gasteiger partial charge in [0.2, 0.25) is 0 Å². The molecular formula is C7H16N3. The van der Waals surface area contributed by atoms with E-state index in [1.165, 1.54) is 19.3 Å². The summed E-state index contributed by atoms with van der Waals surface area (Å²) in [5.74, 6) is 0. The van der Waals surface area contributed by atoms with Crippen molar-refractivity contribution in [3.63, 3.8) is 0 Å². The second kappa shape index (κ2) is 3.91. The highest BCUT2D eigenvalue weighted by Gasteiger charge is 2.11. The summed E-state index contributed by atoms with van der Waals surface area (Å²) in [7, 11) is 0. The highest BCUT2D eigenvalue weighted by Crippen LogP contribution is 2.03. The Morgan fingerprint density at radius 2 is 2.20 bits per heavy atom. The number of hydrogen-bond donors (Lipinski definition) is 1. The molecule has 1 saturated heterocycles. The third-order valence-corrected chi connectivity index (χ3v) is 1.80.